The molecule has 0 saturated carbocycles. The number of methoxy groups -OCH3 is 1. The van der Waals surface area contributed by atoms with Crippen molar-refractivity contribution in [1.82, 2.24) is 4.98 Å². The topological polar surface area (TPSA) is 89.1 Å². The van der Waals surface area contributed by atoms with E-state index in [0.717, 1.165) is 7.11 Å². The number of rotatable bonds is 3. The van der Waals surface area contributed by atoms with E-state index >= 15 is 0 Å². The molecule has 0 atom stereocenters. The first-order chi connectivity index (χ1) is 7.51. The number of pyridine rings is 1. The van der Waals surface area contributed by atoms with Crippen LogP contribution in [0.1, 0.15) is 17.6 Å². The van der Waals surface area contributed by atoms with Gasteiger partial charge in [-0.3, -0.25) is 0 Å². The molecule has 0 radical (unpaired) electrons. The van der Waals surface area contributed by atoms with Gasteiger partial charge >= 0.3 is 11.7 Å². The number of nitrogens with zero attached hydrogens (tertiary/aromatic N) is 3. The fourth-order valence-corrected chi connectivity index (χ4v) is 1.07. The van der Waals surface area contributed by atoms with Crippen molar-refractivity contribution in [2.45, 2.75) is 6.43 Å². The van der Waals surface area contributed by atoms with E-state index in [4.69, 9.17) is 5.26 Å². The second-order valence-electron chi connectivity index (χ2n) is 2.62. The Morgan fingerprint density at radius 2 is 2.31 bits per heavy atom. The second kappa shape index (κ2) is 4.48. The third-order valence-electron chi connectivity index (χ3n) is 1.73. The molecule has 0 aliphatic heterocycles. The molecule has 0 unspecified atom stereocenters. The zero-order valence-corrected chi connectivity index (χ0v) is 7.98. The fraction of sp³-hybridized carbons (Fsp3) is 0.250. The molecule has 0 aromatic carbocycles. The Hall–Kier alpha value is -2.30. The average molecular weight is 229 g/mol. The Kier molecular flexibility index (Phi) is 3.30. The summed E-state index contributed by atoms with van der Waals surface area (Å²) in [6.07, 6.45) is -2.99. The molecule has 84 valence electrons. The van der Waals surface area contributed by atoms with Crippen LogP contribution in [0.3, 0.4) is 0 Å². The number of halogens is 2. The van der Waals surface area contributed by atoms with Crippen molar-refractivity contribution in [3.8, 4) is 11.9 Å². The molecule has 1 rings (SSSR count). The number of hydrogen-bond donors (Lipinski definition) is 0. The standard InChI is InChI=1S/C8H5F2N3O3/c1-16-8-6(7(9)10)4(3-11)2-5(12-8)13(14)15/h2,7H,1H3. The molecule has 0 aliphatic rings. The van der Waals surface area contributed by atoms with E-state index in [0.29, 0.717) is 6.07 Å². The van der Waals surface area contributed by atoms with Crippen molar-refractivity contribution in [3.63, 3.8) is 0 Å². The number of aromatic nitrogens is 1. The number of ether oxygens (including phenoxy) is 1. The SMILES string of the molecule is COc1nc([N+](=O)[O-])cc(C#N)c1C(F)F. The second-order valence-corrected chi connectivity index (χ2v) is 2.62. The van der Waals surface area contributed by atoms with Gasteiger partial charge in [0.1, 0.15) is 11.6 Å². The van der Waals surface area contributed by atoms with E-state index in [1.165, 1.54) is 6.07 Å². The number of alkyl halides is 2. The maximum absolute atomic E-state index is 12.6. The molecule has 1 aromatic rings. The molecule has 0 aliphatic carbocycles. The fourth-order valence-electron chi connectivity index (χ4n) is 1.07. The van der Waals surface area contributed by atoms with Gasteiger partial charge in [-0.2, -0.15) is 5.26 Å². The van der Waals surface area contributed by atoms with Gasteiger partial charge in [-0.05, 0) is 4.92 Å². The molecular formula is C8H5F2N3O3. The van der Waals surface area contributed by atoms with E-state index < -0.39 is 34.2 Å². The predicted molar refractivity (Wildman–Crippen MR) is 47.1 cm³/mol. The number of nitro groups is 1. The van der Waals surface area contributed by atoms with Gasteiger partial charge in [0.2, 0.25) is 0 Å². The summed E-state index contributed by atoms with van der Waals surface area (Å²) >= 11 is 0. The first kappa shape index (κ1) is 11.8. The molecule has 0 bridgehead atoms. The van der Waals surface area contributed by atoms with Gasteiger partial charge < -0.3 is 14.9 Å². The summed E-state index contributed by atoms with van der Waals surface area (Å²) in [4.78, 5) is 12.8. The van der Waals surface area contributed by atoms with Gasteiger partial charge in [-0.15, -0.1) is 0 Å². The lowest BCUT2D eigenvalue weighted by Gasteiger charge is -2.04. The molecule has 0 saturated heterocycles. The van der Waals surface area contributed by atoms with Crippen LogP contribution < -0.4 is 4.74 Å². The highest BCUT2D eigenvalue weighted by Crippen LogP contribution is 2.32. The van der Waals surface area contributed by atoms with Crippen LogP contribution in [0.4, 0.5) is 14.6 Å². The van der Waals surface area contributed by atoms with Crippen molar-refractivity contribution in [1.29, 1.82) is 5.26 Å². The van der Waals surface area contributed by atoms with E-state index in [1.807, 2.05) is 0 Å². The van der Waals surface area contributed by atoms with Gasteiger partial charge in [0.25, 0.3) is 6.43 Å². The highest BCUT2D eigenvalue weighted by molar-refractivity contribution is 5.48. The molecule has 1 heterocycles. The summed E-state index contributed by atoms with van der Waals surface area (Å²) in [7, 11) is 1.04. The summed E-state index contributed by atoms with van der Waals surface area (Å²) in [6.45, 7) is 0. The zero-order chi connectivity index (χ0) is 12.3. The molecular weight excluding hydrogens is 224 g/mol. The van der Waals surface area contributed by atoms with Crippen molar-refractivity contribution in [3.05, 3.63) is 27.3 Å². The molecule has 0 N–H and O–H groups in total. The van der Waals surface area contributed by atoms with Crippen LogP contribution in [0, 0.1) is 21.4 Å². The molecule has 8 heteroatoms. The molecule has 0 fully saturated rings. The quantitative estimate of drug-likeness (QED) is 0.582. The first-order valence-corrected chi connectivity index (χ1v) is 3.92. The summed E-state index contributed by atoms with van der Waals surface area (Å²) in [5.41, 5.74) is -1.26. The van der Waals surface area contributed by atoms with E-state index in [1.54, 1.807) is 0 Å². The van der Waals surface area contributed by atoms with Gasteiger partial charge in [0.05, 0.1) is 18.7 Å². The van der Waals surface area contributed by atoms with Crippen LogP contribution >= 0.6 is 0 Å². The maximum atomic E-state index is 12.6. The molecule has 0 amide bonds. The van der Waals surface area contributed by atoms with Gasteiger partial charge in [0, 0.05) is 4.98 Å². The van der Waals surface area contributed by atoms with Crippen molar-refractivity contribution in [2.75, 3.05) is 7.11 Å². The van der Waals surface area contributed by atoms with Crippen LogP contribution in [0.25, 0.3) is 0 Å². The van der Waals surface area contributed by atoms with Crippen LogP contribution in [0.2, 0.25) is 0 Å². The number of nitriles is 1. The van der Waals surface area contributed by atoms with E-state index in [2.05, 4.69) is 9.72 Å². The van der Waals surface area contributed by atoms with Gasteiger partial charge in [-0.25, -0.2) is 8.78 Å². The molecule has 6 nitrogen and oxygen atoms in total. The first-order valence-electron chi connectivity index (χ1n) is 3.92. The van der Waals surface area contributed by atoms with Crippen LogP contribution in [0.5, 0.6) is 5.88 Å². The Balaban J connectivity index is 3.51. The van der Waals surface area contributed by atoms with E-state index in [-0.39, 0.29) is 0 Å². The van der Waals surface area contributed by atoms with Crippen LogP contribution in [0.15, 0.2) is 6.07 Å². The summed E-state index contributed by atoms with van der Waals surface area (Å²) in [6, 6.07) is 2.13. The van der Waals surface area contributed by atoms with Crippen LogP contribution in [-0.4, -0.2) is 17.0 Å². The lowest BCUT2D eigenvalue weighted by Crippen LogP contribution is -2.02. The highest BCUT2D eigenvalue weighted by atomic mass is 19.3. The molecule has 16 heavy (non-hydrogen) atoms. The highest BCUT2D eigenvalue weighted by Gasteiger charge is 2.27. The Morgan fingerprint density at radius 3 is 2.69 bits per heavy atom. The summed E-state index contributed by atoms with van der Waals surface area (Å²) < 4.78 is 29.6. The third-order valence-corrected chi connectivity index (χ3v) is 1.73. The largest absolute Gasteiger partial charge is 0.462 e. The van der Waals surface area contributed by atoms with Crippen molar-refractivity contribution in [2.24, 2.45) is 0 Å². The lowest BCUT2D eigenvalue weighted by atomic mass is 10.1. The van der Waals surface area contributed by atoms with Crippen molar-refractivity contribution < 1.29 is 18.4 Å². The molecule has 1 aromatic heterocycles. The minimum atomic E-state index is -2.99. The third kappa shape index (κ3) is 2.03. The lowest BCUT2D eigenvalue weighted by molar-refractivity contribution is -0.389. The average Bonchev–Trinajstić information content (AvgIpc) is 2.26. The Labute approximate surface area is 88.2 Å². The monoisotopic (exact) mass is 229 g/mol. The maximum Gasteiger partial charge on any atom is 0.369 e. The van der Waals surface area contributed by atoms with Gasteiger partial charge in [0.15, 0.2) is 0 Å². The van der Waals surface area contributed by atoms with Crippen LogP contribution in [-0.2, 0) is 0 Å². The van der Waals surface area contributed by atoms with E-state index in [9.17, 15) is 18.9 Å². The number of hydrogen-bond acceptors (Lipinski definition) is 5. The van der Waals surface area contributed by atoms with Crippen molar-refractivity contribution >= 4 is 5.82 Å². The van der Waals surface area contributed by atoms with Gasteiger partial charge in [-0.1, -0.05) is 0 Å². The summed E-state index contributed by atoms with van der Waals surface area (Å²) in [5.74, 6) is -1.32. The predicted octanol–water partition coefficient (Wildman–Crippen LogP) is 1.81. The smallest absolute Gasteiger partial charge is 0.369 e. The minimum Gasteiger partial charge on any atom is -0.462 e. The Morgan fingerprint density at radius 1 is 1.69 bits per heavy atom. The minimum absolute atomic E-state index is 0.520. The summed E-state index contributed by atoms with van der Waals surface area (Å²) in [5, 5.41) is 19.0. The Bertz CT molecular complexity index is 470. The molecule has 0 spiro atoms. The normalized spacial score (nSPS) is 9.94. The zero-order valence-electron chi connectivity index (χ0n) is 7.98.